The van der Waals surface area contributed by atoms with Crippen molar-refractivity contribution >= 4 is 51.5 Å². The van der Waals surface area contributed by atoms with Crippen molar-refractivity contribution in [1.82, 2.24) is 25.9 Å². The molecule has 0 radical (unpaired) electrons. The van der Waals surface area contributed by atoms with Crippen LogP contribution in [0.2, 0.25) is 0 Å². The van der Waals surface area contributed by atoms with Gasteiger partial charge >= 0.3 is 11.9 Å². The molecule has 0 aliphatic rings. The Labute approximate surface area is 251 Å². The van der Waals surface area contributed by atoms with Crippen LogP contribution in [0.5, 0.6) is 0 Å². The first kappa shape index (κ1) is 31.7. The van der Waals surface area contributed by atoms with E-state index in [2.05, 4.69) is 25.9 Å². The average molecular weight is 607 g/mol. The summed E-state index contributed by atoms with van der Waals surface area (Å²) in [5, 5.41) is 37.1. The predicted molar refractivity (Wildman–Crippen MR) is 159 cm³/mol. The van der Waals surface area contributed by atoms with Gasteiger partial charge in [0.25, 0.3) is 0 Å². The summed E-state index contributed by atoms with van der Waals surface area (Å²) in [6.45, 7) is -0.661. The minimum absolute atomic E-state index is 0.00246. The zero-order valence-corrected chi connectivity index (χ0v) is 23.6. The van der Waals surface area contributed by atoms with Crippen LogP contribution < -0.4 is 21.7 Å². The van der Waals surface area contributed by atoms with Crippen molar-refractivity contribution < 1.29 is 39.3 Å². The number of aromatic amines is 2. The van der Waals surface area contributed by atoms with Gasteiger partial charge in [-0.25, -0.2) is 4.79 Å². The van der Waals surface area contributed by atoms with Gasteiger partial charge in [0.1, 0.15) is 24.2 Å². The van der Waals surface area contributed by atoms with E-state index in [0.717, 1.165) is 21.8 Å². The molecule has 0 spiro atoms. The van der Waals surface area contributed by atoms with Crippen LogP contribution in [0.15, 0.2) is 60.9 Å². The fraction of sp³-hybridized carbons (Fsp3) is 0.300. The zero-order valence-electron chi connectivity index (χ0n) is 23.6. The van der Waals surface area contributed by atoms with Crippen molar-refractivity contribution in [2.24, 2.45) is 5.73 Å². The molecule has 44 heavy (non-hydrogen) atoms. The Kier molecular flexibility index (Phi) is 10.3. The lowest BCUT2D eigenvalue weighted by Gasteiger charge is -2.25. The fourth-order valence-electron chi connectivity index (χ4n) is 4.89. The Hall–Kier alpha value is -5.21. The molecule has 0 fully saturated rings. The molecule has 3 amide bonds. The number of aromatic nitrogens is 2. The van der Waals surface area contributed by atoms with E-state index in [9.17, 15) is 34.2 Å². The zero-order chi connectivity index (χ0) is 31.8. The number of fused-ring (bicyclic) bond motifs is 2. The third-order valence-electron chi connectivity index (χ3n) is 7.26. The normalized spacial score (nSPS) is 14.0. The molecule has 10 N–H and O–H groups in total. The number of nitrogens with one attached hydrogen (secondary N) is 5. The molecule has 0 aliphatic heterocycles. The molecule has 2 heterocycles. The van der Waals surface area contributed by atoms with Crippen LogP contribution in [0.3, 0.4) is 0 Å². The molecule has 4 unspecified atom stereocenters. The molecule has 232 valence electrons. The van der Waals surface area contributed by atoms with E-state index >= 15 is 0 Å². The minimum atomic E-state index is -1.52. The second kappa shape index (κ2) is 14.3. The lowest BCUT2D eigenvalue weighted by Crippen LogP contribution is -2.58. The third kappa shape index (κ3) is 7.79. The molecule has 0 saturated heterocycles. The molecule has 2 aromatic carbocycles. The summed E-state index contributed by atoms with van der Waals surface area (Å²) in [4.78, 5) is 69.0. The number of para-hydroxylation sites is 2. The number of hydrogen-bond acceptors (Lipinski definition) is 7. The lowest BCUT2D eigenvalue weighted by molar-refractivity contribution is -0.143. The average Bonchev–Trinajstić information content (AvgIpc) is 3.61. The van der Waals surface area contributed by atoms with E-state index in [1.54, 1.807) is 18.5 Å². The number of aliphatic hydroxyl groups is 1. The summed E-state index contributed by atoms with van der Waals surface area (Å²) in [6.07, 6.45) is 2.43. The highest BCUT2D eigenvalue weighted by Gasteiger charge is 2.31. The Morgan fingerprint density at radius 2 is 1.16 bits per heavy atom. The second-order valence-electron chi connectivity index (χ2n) is 10.4. The van der Waals surface area contributed by atoms with E-state index < -0.39 is 66.9 Å². The molecule has 14 heteroatoms. The number of amides is 3. The molecule has 4 rings (SSSR count). The lowest BCUT2D eigenvalue weighted by atomic mass is 10.0. The number of aliphatic carboxylic acids is 2. The number of nitrogens with two attached hydrogens (primary N) is 1. The van der Waals surface area contributed by atoms with Crippen molar-refractivity contribution in [3.8, 4) is 0 Å². The quantitative estimate of drug-likeness (QED) is 0.0894. The monoisotopic (exact) mass is 606 g/mol. The summed E-state index contributed by atoms with van der Waals surface area (Å²) in [6, 6.07) is 9.24. The van der Waals surface area contributed by atoms with Gasteiger partial charge in [-0.2, -0.15) is 0 Å². The molecular weight excluding hydrogens is 572 g/mol. The van der Waals surface area contributed by atoms with Crippen molar-refractivity contribution in [2.75, 3.05) is 6.61 Å². The van der Waals surface area contributed by atoms with Gasteiger partial charge in [-0.1, -0.05) is 36.4 Å². The smallest absolute Gasteiger partial charge is 0.326 e. The van der Waals surface area contributed by atoms with E-state index in [0.29, 0.717) is 11.1 Å². The highest BCUT2D eigenvalue weighted by Crippen LogP contribution is 2.21. The predicted octanol–water partition coefficient (Wildman–Crippen LogP) is 0.158. The van der Waals surface area contributed by atoms with Gasteiger partial charge < -0.3 is 47.0 Å². The summed E-state index contributed by atoms with van der Waals surface area (Å²) < 4.78 is 0. The maximum absolute atomic E-state index is 13.8. The summed E-state index contributed by atoms with van der Waals surface area (Å²) in [5.41, 5.74) is 8.61. The van der Waals surface area contributed by atoms with Crippen molar-refractivity contribution in [1.29, 1.82) is 0 Å². The largest absolute Gasteiger partial charge is 0.481 e. The minimum Gasteiger partial charge on any atom is -0.481 e. The SMILES string of the molecule is NC(CO)C(=O)NC(Cc1c[nH]c2ccccc12)C(=O)NC(Cc1c[nH]c2ccccc12)C(=O)NC(CCC(=O)O)C(=O)O. The maximum atomic E-state index is 13.8. The van der Waals surface area contributed by atoms with Gasteiger partial charge in [0, 0.05) is 53.5 Å². The van der Waals surface area contributed by atoms with Crippen LogP contribution in [0.25, 0.3) is 21.8 Å². The molecule has 14 nitrogen and oxygen atoms in total. The number of rotatable bonds is 15. The summed E-state index contributed by atoms with van der Waals surface area (Å²) >= 11 is 0. The number of carbonyl (C=O) groups is 5. The number of carboxylic acid groups (broad SMARTS) is 2. The van der Waals surface area contributed by atoms with Crippen LogP contribution in [0.4, 0.5) is 0 Å². The Balaban J connectivity index is 1.63. The Morgan fingerprint density at radius 3 is 1.61 bits per heavy atom. The topological polar surface area (TPSA) is 240 Å². The van der Waals surface area contributed by atoms with Crippen LogP contribution in [-0.2, 0) is 36.8 Å². The summed E-state index contributed by atoms with van der Waals surface area (Å²) in [7, 11) is 0. The highest BCUT2D eigenvalue weighted by molar-refractivity contribution is 5.95. The molecule has 0 saturated carbocycles. The third-order valence-corrected chi connectivity index (χ3v) is 7.26. The van der Waals surface area contributed by atoms with Crippen molar-refractivity contribution in [3.63, 3.8) is 0 Å². The van der Waals surface area contributed by atoms with E-state index in [4.69, 9.17) is 10.8 Å². The molecule has 0 aliphatic carbocycles. The van der Waals surface area contributed by atoms with Gasteiger partial charge in [-0.15, -0.1) is 0 Å². The first-order valence-electron chi connectivity index (χ1n) is 13.9. The standard InChI is InChI=1S/C30H34N6O8/c31-20(15-37)27(40)35-24(11-16-13-32-21-7-3-1-5-18(16)21)29(42)36-25(12-17-14-33-22-8-4-2-6-19(17)22)28(41)34-23(30(43)44)9-10-26(38)39/h1-8,13-14,20,23-25,32-33,37H,9-12,15,31H2,(H,34,41)(H,35,40)(H,36,42)(H,38,39)(H,43,44). The molecule has 4 atom stereocenters. The second-order valence-corrected chi connectivity index (χ2v) is 10.4. The van der Waals surface area contributed by atoms with E-state index in [1.807, 2.05) is 42.5 Å². The van der Waals surface area contributed by atoms with Gasteiger partial charge in [-0.3, -0.25) is 19.2 Å². The van der Waals surface area contributed by atoms with Gasteiger partial charge in [0.15, 0.2) is 0 Å². The Morgan fingerprint density at radius 1 is 0.705 bits per heavy atom. The molecule has 0 bridgehead atoms. The van der Waals surface area contributed by atoms with Crippen LogP contribution in [0, 0.1) is 0 Å². The summed E-state index contributed by atoms with van der Waals surface area (Å²) in [5.74, 6) is -5.06. The van der Waals surface area contributed by atoms with Crippen LogP contribution >= 0.6 is 0 Å². The van der Waals surface area contributed by atoms with Crippen molar-refractivity contribution in [3.05, 3.63) is 72.1 Å². The number of carboxylic acids is 2. The maximum Gasteiger partial charge on any atom is 0.326 e. The number of benzene rings is 2. The molecule has 4 aromatic rings. The highest BCUT2D eigenvalue weighted by atomic mass is 16.4. The molecular formula is C30H34N6O8. The molecule has 2 aromatic heterocycles. The van der Waals surface area contributed by atoms with Crippen LogP contribution in [-0.4, -0.2) is 85.7 Å². The number of carbonyl (C=O) groups excluding carboxylic acids is 3. The first-order valence-corrected chi connectivity index (χ1v) is 13.9. The van der Waals surface area contributed by atoms with E-state index in [-0.39, 0.29) is 19.3 Å². The number of aliphatic hydroxyl groups excluding tert-OH is 1. The van der Waals surface area contributed by atoms with Gasteiger partial charge in [0.2, 0.25) is 17.7 Å². The first-order chi connectivity index (χ1) is 21.1. The van der Waals surface area contributed by atoms with Crippen LogP contribution in [0.1, 0.15) is 24.0 Å². The van der Waals surface area contributed by atoms with Crippen molar-refractivity contribution in [2.45, 2.75) is 49.9 Å². The fourth-order valence-corrected chi connectivity index (χ4v) is 4.89. The Bertz CT molecular complexity index is 1660. The van der Waals surface area contributed by atoms with E-state index in [1.165, 1.54) is 0 Å². The van der Waals surface area contributed by atoms with Gasteiger partial charge in [-0.05, 0) is 29.7 Å². The van der Waals surface area contributed by atoms with Gasteiger partial charge in [0.05, 0.1) is 6.61 Å². The number of H-pyrrole nitrogens is 2. The number of hydrogen-bond donors (Lipinski definition) is 9.